The average Bonchev–Trinajstić information content (AvgIpc) is 2.71. The average molecular weight is 479 g/mol. The molecular formula is C20H26N6O6S. The first-order chi connectivity index (χ1) is 15.4. The second-order valence-corrected chi connectivity index (χ2v) is 8.86. The Hall–Kier alpha value is -3.87. The van der Waals surface area contributed by atoms with Gasteiger partial charge in [0.2, 0.25) is 5.91 Å². The number of nitrogens with zero attached hydrogens (tertiary/aromatic N) is 2. The van der Waals surface area contributed by atoms with Crippen molar-refractivity contribution in [1.82, 2.24) is 4.98 Å². The number of carbonyl (C=O) groups is 2. The van der Waals surface area contributed by atoms with Gasteiger partial charge >= 0.3 is 5.97 Å². The predicted molar refractivity (Wildman–Crippen MR) is 124 cm³/mol. The van der Waals surface area contributed by atoms with Crippen molar-refractivity contribution in [3.8, 4) is 0 Å². The van der Waals surface area contributed by atoms with Gasteiger partial charge in [-0.3, -0.25) is 24.2 Å². The van der Waals surface area contributed by atoms with Gasteiger partial charge in [-0.15, -0.1) is 0 Å². The Morgan fingerprint density at radius 1 is 1.27 bits per heavy atom. The molecule has 13 heteroatoms. The number of pyridine rings is 1. The number of H-pyrrole nitrogens is 1. The van der Waals surface area contributed by atoms with E-state index in [-0.39, 0.29) is 35.9 Å². The molecular weight excluding hydrogens is 452 g/mol. The summed E-state index contributed by atoms with van der Waals surface area (Å²) in [6.45, 7) is 2.95. The van der Waals surface area contributed by atoms with E-state index in [1.54, 1.807) is 19.1 Å². The number of aromatic amines is 1. The van der Waals surface area contributed by atoms with E-state index in [2.05, 4.69) is 14.7 Å². The summed E-state index contributed by atoms with van der Waals surface area (Å²) in [6.07, 6.45) is 1.35. The van der Waals surface area contributed by atoms with Gasteiger partial charge in [-0.1, -0.05) is 12.1 Å². The number of rotatable bonds is 10. The minimum Gasteiger partial charge on any atom is -0.480 e. The molecule has 0 spiro atoms. The van der Waals surface area contributed by atoms with Crippen molar-refractivity contribution in [2.75, 3.05) is 16.2 Å². The Labute approximate surface area is 190 Å². The Morgan fingerprint density at radius 3 is 2.55 bits per heavy atom. The smallest absolute Gasteiger partial charge is 0.326 e. The molecule has 178 valence electrons. The number of carboxylic acid groups (broad SMARTS) is 1. The number of hydrogen-bond acceptors (Lipinski definition) is 6. The van der Waals surface area contributed by atoms with Gasteiger partial charge in [-0.05, 0) is 43.5 Å². The summed E-state index contributed by atoms with van der Waals surface area (Å²) in [5.74, 6) is -2.21. The number of carbonyl (C=O) groups excluding carboxylic acids is 1. The SMILES string of the molecule is CC(=O)N(c1cc[nH]c(=O)c1NS(=O)(=O)c1cccc(C)c1)[C@@H](CCCN=C(N)N)C(=O)O. The maximum atomic E-state index is 12.9. The first-order valence-corrected chi connectivity index (χ1v) is 11.3. The van der Waals surface area contributed by atoms with Gasteiger partial charge in [0.15, 0.2) is 5.96 Å². The van der Waals surface area contributed by atoms with Crippen molar-refractivity contribution in [2.45, 2.75) is 37.6 Å². The summed E-state index contributed by atoms with van der Waals surface area (Å²) in [7, 11) is -4.22. The number of hydrogen-bond donors (Lipinski definition) is 5. The summed E-state index contributed by atoms with van der Waals surface area (Å²) in [5.41, 5.74) is 9.68. The molecule has 0 radical (unpaired) electrons. The molecule has 1 heterocycles. The molecule has 0 saturated heterocycles. The number of aliphatic imine (C=N–C) groups is 1. The molecule has 0 aliphatic heterocycles. The highest BCUT2D eigenvalue weighted by molar-refractivity contribution is 7.92. The number of aromatic nitrogens is 1. The van der Waals surface area contributed by atoms with Crippen LogP contribution >= 0.6 is 0 Å². The zero-order valence-corrected chi connectivity index (χ0v) is 18.9. The maximum absolute atomic E-state index is 12.9. The molecule has 2 rings (SSSR count). The van der Waals surface area contributed by atoms with Crippen molar-refractivity contribution in [3.63, 3.8) is 0 Å². The van der Waals surface area contributed by atoms with Crippen LogP contribution in [-0.4, -0.2) is 48.9 Å². The van der Waals surface area contributed by atoms with Crippen LogP contribution in [0.1, 0.15) is 25.3 Å². The van der Waals surface area contributed by atoms with Gasteiger partial charge in [0.05, 0.1) is 10.6 Å². The van der Waals surface area contributed by atoms with Gasteiger partial charge < -0.3 is 21.6 Å². The quantitative estimate of drug-likeness (QED) is 0.183. The van der Waals surface area contributed by atoms with E-state index in [1.807, 2.05) is 0 Å². The predicted octanol–water partition coefficient (Wildman–Crippen LogP) is 0.344. The first-order valence-electron chi connectivity index (χ1n) is 9.83. The van der Waals surface area contributed by atoms with Crippen LogP contribution in [0.3, 0.4) is 0 Å². The van der Waals surface area contributed by atoms with Crippen molar-refractivity contribution >= 4 is 39.2 Å². The topological polar surface area (TPSA) is 201 Å². The van der Waals surface area contributed by atoms with E-state index in [0.29, 0.717) is 5.56 Å². The molecule has 0 bridgehead atoms. The van der Waals surface area contributed by atoms with E-state index in [9.17, 15) is 27.9 Å². The first kappa shape index (κ1) is 25.4. The Morgan fingerprint density at radius 2 is 1.97 bits per heavy atom. The molecule has 0 aliphatic carbocycles. The highest BCUT2D eigenvalue weighted by atomic mass is 32.2. The molecule has 1 aromatic heterocycles. The largest absolute Gasteiger partial charge is 0.480 e. The van der Waals surface area contributed by atoms with Crippen LogP contribution in [0.15, 0.2) is 51.2 Å². The molecule has 12 nitrogen and oxygen atoms in total. The number of sulfonamides is 1. The molecule has 1 atom stereocenters. The third kappa shape index (κ3) is 6.55. The lowest BCUT2D eigenvalue weighted by Gasteiger charge is -2.29. The lowest BCUT2D eigenvalue weighted by Crippen LogP contribution is -2.45. The van der Waals surface area contributed by atoms with Crippen molar-refractivity contribution in [1.29, 1.82) is 0 Å². The molecule has 33 heavy (non-hydrogen) atoms. The number of aliphatic carboxylic acids is 1. The third-order valence-corrected chi connectivity index (χ3v) is 5.95. The normalized spacial score (nSPS) is 11.9. The minimum atomic E-state index is -4.22. The number of nitrogens with one attached hydrogen (secondary N) is 2. The van der Waals surface area contributed by atoms with Crippen molar-refractivity contribution < 1.29 is 23.1 Å². The second kappa shape index (κ2) is 10.6. The number of guanidine groups is 1. The summed E-state index contributed by atoms with van der Waals surface area (Å²) in [5, 5.41) is 9.76. The minimum absolute atomic E-state index is 0.0530. The molecule has 0 fully saturated rings. The molecule has 1 aromatic carbocycles. The molecule has 0 saturated carbocycles. The fourth-order valence-electron chi connectivity index (χ4n) is 3.16. The second-order valence-electron chi connectivity index (χ2n) is 7.18. The Balaban J connectivity index is 2.51. The maximum Gasteiger partial charge on any atom is 0.326 e. The van der Waals surface area contributed by atoms with Crippen LogP contribution in [0.2, 0.25) is 0 Å². The monoisotopic (exact) mass is 478 g/mol. The number of benzene rings is 1. The van der Waals surface area contributed by atoms with Gasteiger partial charge in [0, 0.05) is 19.7 Å². The summed E-state index contributed by atoms with van der Waals surface area (Å²) in [6, 6.07) is 5.85. The van der Waals surface area contributed by atoms with Gasteiger partial charge in [0.1, 0.15) is 11.7 Å². The van der Waals surface area contributed by atoms with Gasteiger partial charge in [-0.25, -0.2) is 13.2 Å². The van der Waals surface area contributed by atoms with Crippen LogP contribution in [0.25, 0.3) is 0 Å². The Kier molecular flexibility index (Phi) is 8.18. The number of aryl methyl sites for hydroxylation is 1. The summed E-state index contributed by atoms with van der Waals surface area (Å²) < 4.78 is 28.0. The molecule has 0 aliphatic rings. The number of anilines is 2. The zero-order valence-electron chi connectivity index (χ0n) is 18.1. The lowest BCUT2D eigenvalue weighted by molar-refractivity contribution is -0.140. The van der Waals surface area contributed by atoms with Crippen molar-refractivity contribution in [3.05, 3.63) is 52.4 Å². The molecule has 0 unspecified atom stereocenters. The van der Waals surface area contributed by atoms with E-state index >= 15 is 0 Å². The van der Waals surface area contributed by atoms with E-state index in [1.165, 1.54) is 24.4 Å². The van der Waals surface area contributed by atoms with E-state index in [4.69, 9.17) is 11.5 Å². The Bertz CT molecular complexity index is 1220. The lowest BCUT2D eigenvalue weighted by atomic mass is 10.1. The summed E-state index contributed by atoms with van der Waals surface area (Å²) >= 11 is 0. The van der Waals surface area contributed by atoms with Crippen LogP contribution in [0, 0.1) is 6.92 Å². The van der Waals surface area contributed by atoms with Crippen LogP contribution in [0.5, 0.6) is 0 Å². The highest BCUT2D eigenvalue weighted by Crippen LogP contribution is 2.28. The van der Waals surface area contributed by atoms with Crippen molar-refractivity contribution in [2.24, 2.45) is 16.5 Å². The number of amides is 1. The molecule has 1 amide bonds. The number of nitrogens with two attached hydrogens (primary N) is 2. The van der Waals surface area contributed by atoms with E-state index in [0.717, 1.165) is 11.8 Å². The highest BCUT2D eigenvalue weighted by Gasteiger charge is 2.32. The van der Waals surface area contributed by atoms with E-state index < -0.39 is 39.2 Å². The fraction of sp³-hybridized carbons (Fsp3) is 0.300. The van der Waals surface area contributed by atoms with Gasteiger partial charge in [0.25, 0.3) is 15.6 Å². The molecule has 2 aromatic rings. The van der Waals surface area contributed by atoms with Gasteiger partial charge in [-0.2, -0.15) is 0 Å². The van der Waals surface area contributed by atoms with Crippen LogP contribution in [0.4, 0.5) is 11.4 Å². The standard InChI is InChI=1S/C20H26N6O6S/c1-12-5-3-6-14(11-12)33(31,32)25-17-15(8-10-23-18(17)28)26(13(2)27)16(19(29)30)7-4-9-24-20(21)22/h3,5-6,8,10-11,16,25H,4,7,9H2,1-2H3,(H,23,28)(H,29,30)(H4,21,22,24)/t16-/m0/s1. The van der Waals surface area contributed by atoms with Crippen LogP contribution in [-0.2, 0) is 19.6 Å². The number of carboxylic acids is 1. The van der Waals surface area contributed by atoms with Crippen LogP contribution < -0.4 is 26.6 Å². The fourth-order valence-corrected chi connectivity index (χ4v) is 4.34. The molecule has 7 N–H and O–H groups in total. The summed E-state index contributed by atoms with van der Waals surface area (Å²) in [4.78, 5) is 43.9. The third-order valence-electron chi connectivity index (χ3n) is 4.60. The zero-order chi connectivity index (χ0) is 24.8.